The molecule has 0 spiro atoms. The average Bonchev–Trinajstić information content (AvgIpc) is 2.34. The number of rotatable bonds is 4. The van der Waals surface area contributed by atoms with Gasteiger partial charge in [-0.15, -0.1) is 0 Å². The summed E-state index contributed by atoms with van der Waals surface area (Å²) in [5.41, 5.74) is 0.758. The summed E-state index contributed by atoms with van der Waals surface area (Å²) in [6.45, 7) is 4.07. The van der Waals surface area contributed by atoms with E-state index in [1.807, 2.05) is 6.92 Å². The van der Waals surface area contributed by atoms with E-state index in [0.717, 1.165) is 12.8 Å². The number of carbonyl (C=O) groups is 2. The minimum Gasteiger partial charge on any atom is -0.348 e. The minimum absolute atomic E-state index is 0.272. The van der Waals surface area contributed by atoms with E-state index in [4.69, 9.17) is 0 Å². The Hall–Kier alpha value is -1.91. The van der Waals surface area contributed by atoms with Gasteiger partial charge in [0.2, 0.25) is 0 Å². The maximum atomic E-state index is 13.2. The highest BCUT2D eigenvalue weighted by Crippen LogP contribution is 2.13. The van der Waals surface area contributed by atoms with Crippen LogP contribution in [0, 0.1) is 12.7 Å². The summed E-state index contributed by atoms with van der Waals surface area (Å²) in [4.78, 5) is 22.8. The highest BCUT2D eigenvalue weighted by atomic mass is 19.1. The second-order valence-electron chi connectivity index (χ2n) is 4.03. The van der Waals surface area contributed by atoms with Crippen molar-refractivity contribution < 1.29 is 14.0 Å². The Morgan fingerprint density at radius 2 is 2.00 bits per heavy atom. The molecule has 0 aliphatic rings. The van der Waals surface area contributed by atoms with Crippen molar-refractivity contribution in [2.75, 3.05) is 11.9 Å². The lowest BCUT2D eigenvalue weighted by Gasteiger charge is -2.06. The van der Waals surface area contributed by atoms with E-state index in [1.165, 1.54) is 6.07 Å². The summed E-state index contributed by atoms with van der Waals surface area (Å²) in [6.07, 6.45) is 1.75. The molecule has 0 atom stereocenters. The molecule has 2 N–H and O–H groups in total. The number of benzene rings is 1. The lowest BCUT2D eigenvalue weighted by atomic mass is 10.2. The molecule has 0 aliphatic heterocycles. The van der Waals surface area contributed by atoms with Crippen LogP contribution in [0.25, 0.3) is 0 Å². The first-order chi connectivity index (χ1) is 8.54. The Kier molecular flexibility index (Phi) is 5.30. The molecule has 2 amide bonds. The molecule has 0 saturated carbocycles. The third-order valence-electron chi connectivity index (χ3n) is 2.45. The minimum atomic E-state index is -0.783. The van der Waals surface area contributed by atoms with Gasteiger partial charge in [0.25, 0.3) is 0 Å². The zero-order chi connectivity index (χ0) is 13.5. The fourth-order valence-corrected chi connectivity index (χ4v) is 1.32. The van der Waals surface area contributed by atoms with Crippen molar-refractivity contribution in [1.82, 2.24) is 5.32 Å². The summed E-state index contributed by atoms with van der Waals surface area (Å²) >= 11 is 0. The quantitative estimate of drug-likeness (QED) is 0.636. The molecule has 0 unspecified atom stereocenters. The highest BCUT2D eigenvalue weighted by Gasteiger charge is 2.13. The molecule has 18 heavy (non-hydrogen) atoms. The van der Waals surface area contributed by atoms with Gasteiger partial charge in [0.15, 0.2) is 0 Å². The molecule has 1 rings (SSSR count). The number of carbonyl (C=O) groups excluding carboxylic acids is 2. The van der Waals surface area contributed by atoms with Gasteiger partial charge in [-0.1, -0.05) is 19.4 Å². The number of nitrogens with one attached hydrogen (secondary N) is 2. The van der Waals surface area contributed by atoms with Crippen molar-refractivity contribution in [3.63, 3.8) is 0 Å². The fourth-order valence-electron chi connectivity index (χ4n) is 1.32. The number of hydrogen-bond acceptors (Lipinski definition) is 2. The summed E-state index contributed by atoms with van der Waals surface area (Å²) in [5, 5.41) is 4.83. The van der Waals surface area contributed by atoms with Crippen molar-refractivity contribution in [2.24, 2.45) is 0 Å². The Morgan fingerprint density at radius 3 is 2.61 bits per heavy atom. The molecular weight excluding hydrogens is 235 g/mol. The molecule has 1 aromatic rings. The zero-order valence-corrected chi connectivity index (χ0v) is 10.5. The highest BCUT2D eigenvalue weighted by molar-refractivity contribution is 6.39. The summed E-state index contributed by atoms with van der Waals surface area (Å²) in [7, 11) is 0. The monoisotopic (exact) mass is 252 g/mol. The summed E-state index contributed by atoms with van der Waals surface area (Å²) in [6, 6.07) is 4.28. The Balaban J connectivity index is 2.53. The maximum absolute atomic E-state index is 13.2. The third kappa shape index (κ3) is 4.16. The van der Waals surface area contributed by atoms with E-state index in [9.17, 15) is 14.0 Å². The molecule has 0 bridgehead atoms. The van der Waals surface area contributed by atoms with Gasteiger partial charge in [0, 0.05) is 12.2 Å². The summed E-state index contributed by atoms with van der Waals surface area (Å²) < 4.78 is 13.2. The molecule has 0 radical (unpaired) electrons. The molecule has 4 nitrogen and oxygen atoms in total. The van der Waals surface area contributed by atoms with Gasteiger partial charge in [-0.2, -0.15) is 0 Å². The molecule has 0 aromatic heterocycles. The first kappa shape index (κ1) is 14.2. The van der Waals surface area contributed by atoms with Crippen molar-refractivity contribution >= 4 is 17.5 Å². The zero-order valence-electron chi connectivity index (χ0n) is 10.5. The first-order valence-electron chi connectivity index (χ1n) is 5.90. The Labute approximate surface area is 106 Å². The van der Waals surface area contributed by atoms with Crippen LogP contribution in [0.2, 0.25) is 0 Å². The molecule has 0 saturated heterocycles. The van der Waals surface area contributed by atoms with Gasteiger partial charge in [-0.25, -0.2) is 4.39 Å². The molecule has 0 heterocycles. The topological polar surface area (TPSA) is 58.2 Å². The number of anilines is 1. The van der Waals surface area contributed by atoms with Crippen LogP contribution in [0.5, 0.6) is 0 Å². The lowest BCUT2D eigenvalue weighted by Crippen LogP contribution is -2.35. The third-order valence-corrected chi connectivity index (χ3v) is 2.45. The van der Waals surface area contributed by atoms with Crippen molar-refractivity contribution in [2.45, 2.75) is 26.7 Å². The molecule has 5 heteroatoms. The normalized spacial score (nSPS) is 9.94. The Bertz CT molecular complexity index is 447. The largest absolute Gasteiger partial charge is 0.348 e. The van der Waals surface area contributed by atoms with E-state index in [-0.39, 0.29) is 5.69 Å². The summed E-state index contributed by atoms with van der Waals surface area (Å²) in [5.74, 6) is -1.90. The van der Waals surface area contributed by atoms with Crippen LogP contribution in [-0.2, 0) is 9.59 Å². The first-order valence-corrected chi connectivity index (χ1v) is 5.90. The fraction of sp³-hybridized carbons (Fsp3) is 0.385. The Morgan fingerprint density at radius 1 is 1.28 bits per heavy atom. The van der Waals surface area contributed by atoms with Gasteiger partial charge >= 0.3 is 11.8 Å². The van der Waals surface area contributed by atoms with Gasteiger partial charge in [-0.3, -0.25) is 9.59 Å². The molecule has 1 aromatic carbocycles. The van der Waals surface area contributed by atoms with Gasteiger partial charge in [0.05, 0.1) is 0 Å². The van der Waals surface area contributed by atoms with E-state index >= 15 is 0 Å². The lowest BCUT2D eigenvalue weighted by molar-refractivity contribution is -0.136. The van der Waals surface area contributed by atoms with Gasteiger partial charge < -0.3 is 10.6 Å². The van der Waals surface area contributed by atoms with Crippen LogP contribution in [-0.4, -0.2) is 18.4 Å². The second-order valence-corrected chi connectivity index (χ2v) is 4.03. The van der Waals surface area contributed by atoms with Gasteiger partial charge in [-0.05, 0) is 31.0 Å². The van der Waals surface area contributed by atoms with Crippen LogP contribution in [0.4, 0.5) is 10.1 Å². The molecular formula is C13H17FN2O2. The van der Waals surface area contributed by atoms with E-state index in [1.54, 1.807) is 19.1 Å². The van der Waals surface area contributed by atoms with Crippen LogP contribution < -0.4 is 10.6 Å². The van der Waals surface area contributed by atoms with Crippen LogP contribution >= 0.6 is 0 Å². The standard InChI is InChI=1S/C13H17FN2O2/c1-3-4-7-15-12(17)13(18)16-10-6-5-9(2)11(14)8-10/h5-6,8H,3-4,7H2,1-2H3,(H,15,17)(H,16,18). The van der Waals surface area contributed by atoms with Crippen molar-refractivity contribution in [3.8, 4) is 0 Å². The predicted octanol–water partition coefficient (Wildman–Crippen LogP) is 1.99. The van der Waals surface area contributed by atoms with Crippen LogP contribution in [0.1, 0.15) is 25.3 Å². The van der Waals surface area contributed by atoms with Crippen LogP contribution in [0.3, 0.4) is 0 Å². The average molecular weight is 252 g/mol. The number of halogens is 1. The number of amides is 2. The number of aryl methyl sites for hydroxylation is 1. The molecule has 0 aliphatic carbocycles. The van der Waals surface area contributed by atoms with Crippen molar-refractivity contribution in [1.29, 1.82) is 0 Å². The van der Waals surface area contributed by atoms with Gasteiger partial charge in [0.1, 0.15) is 5.82 Å². The van der Waals surface area contributed by atoms with E-state index < -0.39 is 17.6 Å². The van der Waals surface area contributed by atoms with Crippen molar-refractivity contribution in [3.05, 3.63) is 29.6 Å². The molecule has 98 valence electrons. The van der Waals surface area contributed by atoms with E-state index in [2.05, 4.69) is 10.6 Å². The smallest absolute Gasteiger partial charge is 0.313 e. The SMILES string of the molecule is CCCCNC(=O)C(=O)Nc1ccc(C)c(F)c1. The van der Waals surface area contributed by atoms with E-state index in [0.29, 0.717) is 12.1 Å². The number of unbranched alkanes of at least 4 members (excludes halogenated alkanes) is 1. The van der Waals surface area contributed by atoms with Crippen LogP contribution in [0.15, 0.2) is 18.2 Å². The predicted molar refractivity (Wildman–Crippen MR) is 67.7 cm³/mol. The maximum Gasteiger partial charge on any atom is 0.313 e. The molecule has 0 fully saturated rings. The second kappa shape index (κ2) is 6.74. The number of hydrogen-bond donors (Lipinski definition) is 2.